The van der Waals surface area contributed by atoms with Crippen LogP contribution in [-0.4, -0.2) is 14.2 Å². The Hall–Kier alpha value is -1.04. The monoisotopic (exact) mass is 280 g/mol. The van der Waals surface area contributed by atoms with Gasteiger partial charge in [-0.3, -0.25) is 0 Å². The summed E-state index contributed by atoms with van der Waals surface area (Å²) in [5.41, 5.74) is -0.627. The lowest BCUT2D eigenvalue weighted by Crippen LogP contribution is -2.11. The summed E-state index contributed by atoms with van der Waals surface area (Å²) in [5, 5.41) is 0. The number of benzene rings is 1. The highest BCUT2D eigenvalue weighted by Crippen LogP contribution is 2.31. The van der Waals surface area contributed by atoms with Crippen LogP contribution < -0.4 is 0 Å². The number of halogens is 3. The van der Waals surface area contributed by atoms with Gasteiger partial charge < -0.3 is 0 Å². The standard InChI is InChI=1S/C12H15F3O2S/c1-3-4-5-18(16,17)11-7-9(2)6-10(8-11)12(13,14)15/h6-8H,3-5H2,1-2H3. The predicted octanol–water partition coefficient (Wildman–Crippen LogP) is 3.59. The summed E-state index contributed by atoms with van der Waals surface area (Å²) in [4.78, 5) is -0.247. The zero-order chi connectivity index (χ0) is 14.0. The predicted molar refractivity (Wildman–Crippen MR) is 63.1 cm³/mol. The fraction of sp³-hybridized carbons (Fsp3) is 0.500. The van der Waals surface area contributed by atoms with Crippen molar-refractivity contribution in [3.05, 3.63) is 29.3 Å². The van der Waals surface area contributed by atoms with Crippen molar-refractivity contribution in [2.45, 2.75) is 37.8 Å². The van der Waals surface area contributed by atoms with E-state index in [4.69, 9.17) is 0 Å². The lowest BCUT2D eigenvalue weighted by Gasteiger charge is -2.11. The van der Waals surface area contributed by atoms with E-state index in [0.29, 0.717) is 24.5 Å². The van der Waals surface area contributed by atoms with Gasteiger partial charge in [0.25, 0.3) is 0 Å². The van der Waals surface area contributed by atoms with Crippen LogP contribution in [0.25, 0.3) is 0 Å². The fourth-order valence-corrected chi connectivity index (χ4v) is 3.12. The first-order valence-electron chi connectivity index (χ1n) is 5.58. The molecule has 0 aromatic heterocycles. The van der Waals surface area contributed by atoms with Gasteiger partial charge in [-0.2, -0.15) is 13.2 Å². The molecule has 0 fully saturated rings. The number of rotatable bonds is 4. The molecule has 1 aromatic rings. The highest BCUT2D eigenvalue weighted by molar-refractivity contribution is 7.91. The smallest absolute Gasteiger partial charge is 0.224 e. The highest BCUT2D eigenvalue weighted by Gasteiger charge is 2.32. The van der Waals surface area contributed by atoms with Gasteiger partial charge in [0.2, 0.25) is 0 Å². The van der Waals surface area contributed by atoms with Gasteiger partial charge in [-0.05, 0) is 37.1 Å². The molecule has 0 unspecified atom stereocenters. The summed E-state index contributed by atoms with van der Waals surface area (Å²) in [6, 6.07) is 2.93. The van der Waals surface area contributed by atoms with Crippen molar-refractivity contribution in [3.63, 3.8) is 0 Å². The van der Waals surface area contributed by atoms with Gasteiger partial charge in [-0.15, -0.1) is 0 Å². The molecule has 0 atom stereocenters. The van der Waals surface area contributed by atoms with Crippen molar-refractivity contribution < 1.29 is 21.6 Å². The minimum absolute atomic E-state index is 0.121. The first kappa shape index (κ1) is 15.0. The molecule has 0 spiro atoms. The number of aryl methyl sites for hydroxylation is 1. The second kappa shape index (κ2) is 5.30. The molecule has 0 heterocycles. The third-order valence-corrected chi connectivity index (χ3v) is 4.28. The average molecular weight is 280 g/mol. The Morgan fingerprint density at radius 1 is 1.17 bits per heavy atom. The molecular formula is C12H15F3O2S. The number of unbranched alkanes of at least 4 members (excludes halogenated alkanes) is 1. The maximum atomic E-state index is 12.6. The molecule has 0 saturated heterocycles. The third kappa shape index (κ3) is 3.73. The van der Waals surface area contributed by atoms with E-state index in [1.807, 2.05) is 6.92 Å². The Balaban J connectivity index is 3.22. The summed E-state index contributed by atoms with van der Waals surface area (Å²) >= 11 is 0. The van der Waals surface area contributed by atoms with Crippen molar-refractivity contribution in [2.24, 2.45) is 0 Å². The molecule has 0 N–H and O–H groups in total. The largest absolute Gasteiger partial charge is 0.416 e. The molecule has 0 radical (unpaired) electrons. The summed E-state index contributed by atoms with van der Waals surface area (Å²) in [7, 11) is -3.63. The van der Waals surface area contributed by atoms with E-state index in [9.17, 15) is 21.6 Å². The molecule has 0 saturated carbocycles. The Kier molecular flexibility index (Phi) is 4.42. The van der Waals surface area contributed by atoms with Crippen molar-refractivity contribution >= 4 is 9.84 Å². The lowest BCUT2D eigenvalue weighted by atomic mass is 10.1. The van der Waals surface area contributed by atoms with Gasteiger partial charge in [0.15, 0.2) is 9.84 Å². The second-order valence-electron chi connectivity index (χ2n) is 4.20. The van der Waals surface area contributed by atoms with E-state index < -0.39 is 21.6 Å². The first-order chi connectivity index (χ1) is 8.16. The van der Waals surface area contributed by atoms with Crippen LogP contribution in [0.15, 0.2) is 23.1 Å². The Labute approximate surface area is 105 Å². The molecule has 0 amide bonds. The molecule has 102 valence electrons. The van der Waals surface area contributed by atoms with Gasteiger partial charge in [0.1, 0.15) is 0 Å². The fourth-order valence-electron chi connectivity index (χ4n) is 1.54. The van der Waals surface area contributed by atoms with Crippen LogP contribution in [0.3, 0.4) is 0 Å². The summed E-state index contributed by atoms with van der Waals surface area (Å²) in [6.07, 6.45) is -3.41. The highest BCUT2D eigenvalue weighted by atomic mass is 32.2. The molecule has 0 aliphatic rings. The molecular weight excluding hydrogens is 265 g/mol. The lowest BCUT2D eigenvalue weighted by molar-refractivity contribution is -0.137. The van der Waals surface area contributed by atoms with Gasteiger partial charge in [-0.1, -0.05) is 13.3 Å². The van der Waals surface area contributed by atoms with E-state index >= 15 is 0 Å². The van der Waals surface area contributed by atoms with Crippen LogP contribution in [0.4, 0.5) is 13.2 Å². The molecule has 1 aromatic carbocycles. The molecule has 6 heteroatoms. The molecule has 0 aliphatic carbocycles. The zero-order valence-electron chi connectivity index (χ0n) is 10.2. The molecule has 1 rings (SSSR count). The van der Waals surface area contributed by atoms with Crippen LogP contribution >= 0.6 is 0 Å². The average Bonchev–Trinajstić information content (AvgIpc) is 2.24. The minimum Gasteiger partial charge on any atom is -0.224 e. The first-order valence-corrected chi connectivity index (χ1v) is 7.23. The van der Waals surface area contributed by atoms with Gasteiger partial charge in [-0.25, -0.2) is 8.42 Å². The van der Waals surface area contributed by atoms with E-state index in [-0.39, 0.29) is 10.6 Å². The van der Waals surface area contributed by atoms with E-state index in [1.54, 1.807) is 0 Å². The second-order valence-corrected chi connectivity index (χ2v) is 6.31. The van der Waals surface area contributed by atoms with Gasteiger partial charge >= 0.3 is 6.18 Å². The SMILES string of the molecule is CCCCS(=O)(=O)c1cc(C)cc(C(F)(F)F)c1. The normalized spacial score (nSPS) is 12.7. The molecule has 0 bridgehead atoms. The maximum Gasteiger partial charge on any atom is 0.416 e. The van der Waals surface area contributed by atoms with Crippen LogP contribution in [0, 0.1) is 6.92 Å². The Morgan fingerprint density at radius 2 is 1.78 bits per heavy atom. The van der Waals surface area contributed by atoms with Crippen molar-refractivity contribution in [1.82, 2.24) is 0 Å². The Bertz CT molecular complexity index is 519. The van der Waals surface area contributed by atoms with Gasteiger partial charge in [0.05, 0.1) is 16.2 Å². The molecule has 0 aliphatic heterocycles. The Morgan fingerprint density at radius 3 is 2.28 bits per heavy atom. The topological polar surface area (TPSA) is 34.1 Å². The summed E-state index contributed by atoms with van der Waals surface area (Å²) < 4.78 is 61.5. The minimum atomic E-state index is -4.53. The van der Waals surface area contributed by atoms with Crippen LogP contribution in [0.5, 0.6) is 0 Å². The summed E-state index contributed by atoms with van der Waals surface area (Å²) in [6.45, 7) is 3.28. The number of alkyl halides is 3. The molecule has 2 nitrogen and oxygen atoms in total. The van der Waals surface area contributed by atoms with Crippen LogP contribution in [0.2, 0.25) is 0 Å². The van der Waals surface area contributed by atoms with E-state index in [2.05, 4.69) is 0 Å². The summed E-state index contributed by atoms with van der Waals surface area (Å²) in [5.74, 6) is -0.121. The van der Waals surface area contributed by atoms with Crippen molar-refractivity contribution in [3.8, 4) is 0 Å². The van der Waals surface area contributed by atoms with Crippen LogP contribution in [-0.2, 0) is 16.0 Å². The van der Waals surface area contributed by atoms with Crippen molar-refractivity contribution in [2.75, 3.05) is 5.75 Å². The van der Waals surface area contributed by atoms with Gasteiger partial charge in [0, 0.05) is 0 Å². The third-order valence-electron chi connectivity index (χ3n) is 2.50. The number of sulfone groups is 1. The number of hydrogen-bond donors (Lipinski definition) is 0. The molecule has 18 heavy (non-hydrogen) atoms. The maximum absolute atomic E-state index is 12.6. The zero-order valence-corrected chi connectivity index (χ0v) is 11.0. The number of hydrogen-bond acceptors (Lipinski definition) is 2. The quantitative estimate of drug-likeness (QED) is 0.844. The van der Waals surface area contributed by atoms with Crippen molar-refractivity contribution in [1.29, 1.82) is 0 Å². The van der Waals surface area contributed by atoms with E-state index in [0.717, 1.165) is 6.07 Å². The van der Waals surface area contributed by atoms with Crippen LogP contribution in [0.1, 0.15) is 30.9 Å². The van der Waals surface area contributed by atoms with E-state index in [1.165, 1.54) is 13.0 Å².